The normalized spacial score (nSPS) is 12.6. The molecule has 0 atom stereocenters. The van der Waals surface area contributed by atoms with E-state index < -0.39 is 0 Å². The van der Waals surface area contributed by atoms with Gasteiger partial charge in [0, 0.05) is 28.3 Å². The van der Waals surface area contributed by atoms with E-state index in [9.17, 15) is 0 Å². The first-order chi connectivity index (χ1) is 16.6. The van der Waals surface area contributed by atoms with Crippen LogP contribution in [0.3, 0.4) is 0 Å². The average Bonchev–Trinajstić information content (AvgIpc) is 2.87. The maximum atomic E-state index is 3.57. The number of rotatable bonds is 8. The number of benzene rings is 4. The van der Waals surface area contributed by atoms with Crippen LogP contribution in [0.25, 0.3) is 11.1 Å². The highest BCUT2D eigenvalue weighted by Gasteiger charge is 2.29. The van der Waals surface area contributed by atoms with Gasteiger partial charge in [-0.15, -0.1) is 0 Å². The van der Waals surface area contributed by atoms with Gasteiger partial charge < -0.3 is 10.2 Å². The molecule has 172 valence electrons. The van der Waals surface area contributed by atoms with E-state index in [1.165, 1.54) is 46.5 Å². The van der Waals surface area contributed by atoms with Crippen LogP contribution < -0.4 is 10.2 Å². The molecular weight excluding hydrogens is 412 g/mol. The van der Waals surface area contributed by atoms with Gasteiger partial charge >= 0.3 is 0 Å². The molecule has 1 N–H and O–H groups in total. The van der Waals surface area contributed by atoms with Crippen molar-refractivity contribution in [3.05, 3.63) is 108 Å². The van der Waals surface area contributed by atoms with E-state index >= 15 is 0 Å². The molecular formula is C32H34N2. The summed E-state index contributed by atoms with van der Waals surface area (Å²) in [7, 11) is 0. The Morgan fingerprint density at radius 3 is 1.76 bits per heavy atom. The van der Waals surface area contributed by atoms with Crippen molar-refractivity contribution in [3.63, 3.8) is 0 Å². The second-order valence-corrected chi connectivity index (χ2v) is 9.61. The van der Waals surface area contributed by atoms with E-state index in [-0.39, 0.29) is 5.54 Å². The summed E-state index contributed by atoms with van der Waals surface area (Å²) in [6.45, 7) is 6.91. The highest BCUT2D eigenvalue weighted by atomic mass is 15.2. The summed E-state index contributed by atoms with van der Waals surface area (Å²) in [5.41, 5.74) is 10.3. The lowest BCUT2D eigenvalue weighted by atomic mass is 9.86. The van der Waals surface area contributed by atoms with Crippen LogP contribution in [0.5, 0.6) is 0 Å². The first-order valence-electron chi connectivity index (χ1n) is 12.5. The SMILES string of the molecule is CCC(C)(CC)N(c1ccccc1)c1ccc(Nc2ccc(-c3ccc4c(c3)CC4)cc2)cc1. The van der Waals surface area contributed by atoms with Crippen LogP contribution in [0, 0.1) is 0 Å². The molecule has 0 heterocycles. The van der Waals surface area contributed by atoms with E-state index in [0.29, 0.717) is 0 Å². The zero-order valence-electron chi connectivity index (χ0n) is 20.5. The van der Waals surface area contributed by atoms with Crippen LogP contribution in [0.2, 0.25) is 0 Å². The number of para-hydroxylation sites is 1. The first-order valence-corrected chi connectivity index (χ1v) is 12.5. The molecule has 4 aromatic carbocycles. The molecule has 0 spiro atoms. The Kier molecular flexibility index (Phi) is 6.15. The molecule has 0 radical (unpaired) electrons. The first kappa shape index (κ1) is 22.3. The number of nitrogens with zero attached hydrogens (tertiary/aromatic N) is 1. The van der Waals surface area contributed by atoms with Gasteiger partial charge in [0.1, 0.15) is 0 Å². The van der Waals surface area contributed by atoms with E-state index in [1.54, 1.807) is 0 Å². The maximum absolute atomic E-state index is 3.57. The molecule has 0 aliphatic heterocycles. The third-order valence-corrected chi connectivity index (χ3v) is 7.58. The number of aryl methyl sites for hydroxylation is 2. The van der Waals surface area contributed by atoms with E-state index in [1.807, 2.05) is 0 Å². The summed E-state index contributed by atoms with van der Waals surface area (Å²) in [5.74, 6) is 0. The molecule has 0 aromatic heterocycles. The molecule has 0 bridgehead atoms. The second kappa shape index (κ2) is 9.38. The van der Waals surface area contributed by atoms with Gasteiger partial charge in [-0.25, -0.2) is 0 Å². The fourth-order valence-corrected chi connectivity index (χ4v) is 4.90. The Morgan fingerprint density at radius 2 is 1.21 bits per heavy atom. The van der Waals surface area contributed by atoms with Crippen molar-refractivity contribution in [2.24, 2.45) is 0 Å². The molecule has 0 saturated heterocycles. The summed E-state index contributed by atoms with van der Waals surface area (Å²) >= 11 is 0. The summed E-state index contributed by atoms with van der Waals surface area (Å²) in [6.07, 6.45) is 4.61. The molecule has 5 rings (SSSR count). The van der Waals surface area contributed by atoms with Crippen LogP contribution >= 0.6 is 0 Å². The largest absolute Gasteiger partial charge is 0.356 e. The van der Waals surface area contributed by atoms with Gasteiger partial charge in [-0.1, -0.05) is 62.4 Å². The zero-order chi connectivity index (χ0) is 23.5. The predicted molar refractivity (Wildman–Crippen MR) is 147 cm³/mol. The van der Waals surface area contributed by atoms with E-state index in [0.717, 1.165) is 24.2 Å². The molecule has 1 aliphatic carbocycles. The molecule has 2 heteroatoms. The number of hydrogen-bond donors (Lipinski definition) is 1. The number of nitrogens with one attached hydrogen (secondary N) is 1. The van der Waals surface area contributed by atoms with Crippen LogP contribution in [0.4, 0.5) is 22.7 Å². The van der Waals surface area contributed by atoms with Crippen LogP contribution in [-0.2, 0) is 12.8 Å². The smallest absolute Gasteiger partial charge is 0.0418 e. The molecule has 34 heavy (non-hydrogen) atoms. The summed E-state index contributed by atoms with van der Waals surface area (Å²) in [6, 6.07) is 35.2. The fourth-order valence-electron chi connectivity index (χ4n) is 4.90. The number of hydrogen-bond acceptors (Lipinski definition) is 2. The van der Waals surface area contributed by atoms with Gasteiger partial charge in [0.05, 0.1) is 0 Å². The monoisotopic (exact) mass is 446 g/mol. The topological polar surface area (TPSA) is 15.3 Å². The van der Waals surface area contributed by atoms with Gasteiger partial charge in [-0.05, 0) is 103 Å². The Labute approximate surface area is 204 Å². The Bertz CT molecular complexity index is 1240. The molecule has 0 saturated carbocycles. The minimum Gasteiger partial charge on any atom is -0.356 e. The van der Waals surface area contributed by atoms with Crippen LogP contribution in [-0.4, -0.2) is 5.54 Å². The Balaban J connectivity index is 1.34. The van der Waals surface area contributed by atoms with E-state index in [2.05, 4.69) is 128 Å². The minimum absolute atomic E-state index is 0.0602. The Morgan fingerprint density at radius 1 is 0.647 bits per heavy atom. The third-order valence-electron chi connectivity index (χ3n) is 7.58. The van der Waals surface area contributed by atoms with E-state index in [4.69, 9.17) is 0 Å². The lowest BCUT2D eigenvalue weighted by molar-refractivity contribution is 0.428. The van der Waals surface area contributed by atoms with Crippen molar-refractivity contribution in [3.8, 4) is 11.1 Å². The van der Waals surface area contributed by atoms with Crippen molar-refractivity contribution >= 4 is 22.7 Å². The molecule has 2 nitrogen and oxygen atoms in total. The van der Waals surface area contributed by atoms with Crippen molar-refractivity contribution in [1.29, 1.82) is 0 Å². The van der Waals surface area contributed by atoms with Gasteiger partial charge in [-0.2, -0.15) is 0 Å². The molecule has 4 aromatic rings. The average molecular weight is 447 g/mol. The molecule has 0 unspecified atom stereocenters. The quantitative estimate of drug-likeness (QED) is 0.291. The van der Waals surface area contributed by atoms with Gasteiger partial charge in [-0.3, -0.25) is 0 Å². The molecule has 0 amide bonds. The summed E-state index contributed by atoms with van der Waals surface area (Å²) < 4.78 is 0. The minimum atomic E-state index is 0.0602. The number of anilines is 4. The van der Waals surface area contributed by atoms with Gasteiger partial charge in [0.25, 0.3) is 0 Å². The zero-order valence-corrected chi connectivity index (χ0v) is 20.5. The highest BCUT2D eigenvalue weighted by molar-refractivity contribution is 5.72. The van der Waals surface area contributed by atoms with Gasteiger partial charge in [0.15, 0.2) is 0 Å². The van der Waals surface area contributed by atoms with Crippen molar-refractivity contribution in [2.45, 2.75) is 52.0 Å². The van der Waals surface area contributed by atoms with Crippen LogP contribution in [0.15, 0.2) is 97.1 Å². The van der Waals surface area contributed by atoms with Crippen LogP contribution in [0.1, 0.15) is 44.7 Å². The summed E-state index contributed by atoms with van der Waals surface area (Å²) in [5, 5.41) is 3.57. The molecule has 1 aliphatic rings. The maximum Gasteiger partial charge on any atom is 0.0418 e. The Hall–Kier alpha value is -3.52. The lowest BCUT2D eigenvalue weighted by Gasteiger charge is -2.42. The van der Waals surface area contributed by atoms with Gasteiger partial charge in [0.2, 0.25) is 0 Å². The number of fused-ring (bicyclic) bond motifs is 1. The predicted octanol–water partition coefficient (Wildman–Crippen LogP) is 8.91. The highest BCUT2D eigenvalue weighted by Crippen LogP contribution is 2.38. The van der Waals surface area contributed by atoms with Crippen molar-refractivity contribution in [1.82, 2.24) is 0 Å². The van der Waals surface area contributed by atoms with Crippen molar-refractivity contribution < 1.29 is 0 Å². The standard InChI is InChI=1S/C32H34N2/c1-4-32(3,5-2)34(30-9-7-6-8-10-30)31-21-19-29(20-22-31)33-28-17-15-25(16-18-28)27-14-12-24-11-13-26(24)23-27/h6-10,12,14-23,33H,4-5,11,13H2,1-3H3. The second-order valence-electron chi connectivity index (χ2n) is 9.61. The lowest BCUT2D eigenvalue weighted by Crippen LogP contribution is -2.42. The third kappa shape index (κ3) is 4.33. The van der Waals surface area contributed by atoms with Crippen molar-refractivity contribution in [2.75, 3.05) is 10.2 Å². The molecule has 0 fully saturated rings. The fraction of sp³-hybridized carbons (Fsp3) is 0.250. The summed E-state index contributed by atoms with van der Waals surface area (Å²) in [4.78, 5) is 2.49.